The van der Waals surface area contributed by atoms with E-state index in [2.05, 4.69) is 40.4 Å². The molecule has 2 heterocycles. The van der Waals surface area contributed by atoms with Crippen molar-refractivity contribution >= 4 is 34.1 Å². The second-order valence-electron chi connectivity index (χ2n) is 5.17. The molecule has 8 heteroatoms. The highest BCUT2D eigenvalue weighted by Gasteiger charge is 2.15. The van der Waals surface area contributed by atoms with Gasteiger partial charge in [0.25, 0.3) is 5.91 Å². The number of aromatic nitrogens is 3. The molecule has 0 spiro atoms. The summed E-state index contributed by atoms with van der Waals surface area (Å²) in [4.78, 5) is 16.5. The quantitative estimate of drug-likeness (QED) is 0.790. The van der Waals surface area contributed by atoms with Crippen LogP contribution in [0.2, 0.25) is 0 Å². The van der Waals surface area contributed by atoms with Gasteiger partial charge in [-0.15, -0.1) is 0 Å². The average molecular weight is 335 g/mol. The lowest BCUT2D eigenvalue weighted by atomic mass is 10.1. The van der Waals surface area contributed by atoms with Crippen LogP contribution in [0.3, 0.4) is 0 Å². The zero-order valence-electron chi connectivity index (χ0n) is 12.6. The molecule has 0 aliphatic heterocycles. The monoisotopic (exact) mass is 335 g/mol. The Morgan fingerprint density at radius 1 is 1.59 bits per heavy atom. The van der Waals surface area contributed by atoms with Gasteiger partial charge in [0.2, 0.25) is 0 Å². The summed E-state index contributed by atoms with van der Waals surface area (Å²) in [6.07, 6.45) is 0.853. The summed E-state index contributed by atoms with van der Waals surface area (Å²) in [6, 6.07) is 3.84. The maximum Gasteiger partial charge on any atom is 0.277 e. The minimum absolute atomic E-state index is 0.281. The Morgan fingerprint density at radius 2 is 2.36 bits per heavy atom. The number of hydrogen-bond donors (Lipinski definition) is 2. The van der Waals surface area contributed by atoms with E-state index in [0.29, 0.717) is 22.5 Å². The Kier molecular flexibility index (Phi) is 5.57. The van der Waals surface area contributed by atoms with Gasteiger partial charge in [-0.3, -0.25) is 15.2 Å². The molecule has 6 nitrogen and oxygen atoms in total. The number of nitrogens with zero attached hydrogens (tertiary/aromatic N) is 3. The van der Waals surface area contributed by atoms with E-state index in [1.165, 1.54) is 23.1 Å². The first-order chi connectivity index (χ1) is 10.5. The van der Waals surface area contributed by atoms with Gasteiger partial charge in [-0.2, -0.15) is 10.4 Å². The van der Waals surface area contributed by atoms with Gasteiger partial charge in [-0.1, -0.05) is 36.9 Å². The third-order valence-corrected chi connectivity index (χ3v) is 5.04. The van der Waals surface area contributed by atoms with Crippen molar-refractivity contribution in [1.29, 1.82) is 5.26 Å². The predicted octanol–water partition coefficient (Wildman–Crippen LogP) is 3.24. The van der Waals surface area contributed by atoms with Crippen LogP contribution >= 0.6 is 23.1 Å². The van der Waals surface area contributed by atoms with Crippen LogP contribution in [0, 0.1) is 24.2 Å². The van der Waals surface area contributed by atoms with Crippen LogP contribution in [0.25, 0.3) is 0 Å². The molecule has 0 unspecified atom stereocenters. The summed E-state index contributed by atoms with van der Waals surface area (Å²) in [5.41, 5.74) is 2.12. The van der Waals surface area contributed by atoms with Crippen LogP contribution in [0.5, 0.6) is 0 Å². The fraction of sp³-hybridized carbons (Fsp3) is 0.429. The minimum Gasteiger partial charge on any atom is -0.296 e. The molecule has 0 saturated carbocycles. The van der Waals surface area contributed by atoms with Crippen molar-refractivity contribution in [3.63, 3.8) is 0 Å². The number of rotatable bonds is 6. The molecule has 0 fully saturated rings. The van der Waals surface area contributed by atoms with Crippen LogP contribution in [0.15, 0.2) is 10.3 Å². The second kappa shape index (κ2) is 7.42. The Labute approximate surface area is 137 Å². The normalized spacial score (nSPS) is 10.7. The molecule has 0 aliphatic rings. The molecule has 1 amide bonds. The van der Waals surface area contributed by atoms with Crippen LogP contribution in [-0.4, -0.2) is 26.8 Å². The third kappa shape index (κ3) is 4.32. The molecule has 116 valence electrons. The van der Waals surface area contributed by atoms with E-state index >= 15 is 0 Å². The number of amides is 1. The van der Waals surface area contributed by atoms with E-state index in [9.17, 15) is 4.79 Å². The van der Waals surface area contributed by atoms with Crippen LogP contribution in [0.4, 0.5) is 5.13 Å². The lowest BCUT2D eigenvalue weighted by molar-refractivity contribution is 0.102. The van der Waals surface area contributed by atoms with Gasteiger partial charge in [0.15, 0.2) is 10.8 Å². The number of anilines is 1. The van der Waals surface area contributed by atoms with E-state index in [1.807, 2.05) is 6.92 Å². The van der Waals surface area contributed by atoms with Crippen molar-refractivity contribution in [2.45, 2.75) is 31.4 Å². The first kappa shape index (κ1) is 16.5. The Hall–Kier alpha value is -1.85. The SMILES string of the molecule is Cc1nc(NC(=O)c2cc(CC(C)C)[nH]n2)sc1SCC#N. The van der Waals surface area contributed by atoms with Crippen molar-refractivity contribution in [2.24, 2.45) is 5.92 Å². The van der Waals surface area contributed by atoms with Gasteiger partial charge in [-0.25, -0.2) is 4.98 Å². The average Bonchev–Trinajstić information content (AvgIpc) is 3.03. The lowest BCUT2D eigenvalue weighted by Crippen LogP contribution is -2.12. The van der Waals surface area contributed by atoms with Crippen LogP contribution < -0.4 is 5.32 Å². The topological polar surface area (TPSA) is 94.5 Å². The molecule has 22 heavy (non-hydrogen) atoms. The fourth-order valence-electron chi connectivity index (χ4n) is 1.85. The number of thiazole rings is 1. The predicted molar refractivity (Wildman–Crippen MR) is 88.3 cm³/mol. The molecule has 2 aromatic rings. The number of nitrogens with one attached hydrogen (secondary N) is 2. The highest BCUT2D eigenvalue weighted by atomic mass is 32.2. The molecule has 0 bridgehead atoms. The number of aromatic amines is 1. The highest BCUT2D eigenvalue weighted by Crippen LogP contribution is 2.31. The summed E-state index contributed by atoms with van der Waals surface area (Å²) in [6.45, 7) is 6.08. The van der Waals surface area contributed by atoms with Gasteiger partial charge in [0, 0.05) is 5.69 Å². The second-order valence-corrected chi connectivity index (χ2v) is 7.41. The summed E-state index contributed by atoms with van der Waals surface area (Å²) in [5.74, 6) is 0.587. The number of H-pyrrole nitrogens is 1. The van der Waals surface area contributed by atoms with Gasteiger partial charge in [0.05, 0.1) is 21.7 Å². The molecule has 0 atom stereocenters. The Morgan fingerprint density at radius 3 is 3.05 bits per heavy atom. The number of carbonyl (C=O) groups excluding carboxylic acids is 1. The summed E-state index contributed by atoms with van der Waals surface area (Å²) >= 11 is 2.79. The van der Waals surface area contributed by atoms with Gasteiger partial charge in [-0.05, 0) is 25.3 Å². The molecule has 2 N–H and O–H groups in total. The van der Waals surface area contributed by atoms with Gasteiger partial charge in [0.1, 0.15) is 0 Å². The summed E-state index contributed by atoms with van der Waals surface area (Å²) in [5, 5.41) is 18.8. The number of carbonyl (C=O) groups is 1. The van der Waals surface area contributed by atoms with Gasteiger partial charge >= 0.3 is 0 Å². The number of nitriles is 1. The summed E-state index contributed by atoms with van der Waals surface area (Å²) < 4.78 is 0.944. The van der Waals surface area contributed by atoms with Crippen molar-refractivity contribution < 1.29 is 4.79 Å². The van der Waals surface area contributed by atoms with E-state index in [4.69, 9.17) is 5.26 Å². The zero-order valence-corrected chi connectivity index (χ0v) is 14.3. The standard InChI is InChI=1S/C14H17N5OS2/c1-8(2)6-10-7-11(19-18-10)12(20)17-14-16-9(3)13(22-14)21-5-4-15/h7-8H,5-6H2,1-3H3,(H,18,19)(H,16,17,20). The van der Waals surface area contributed by atoms with Crippen LogP contribution in [0.1, 0.15) is 35.7 Å². The lowest BCUT2D eigenvalue weighted by Gasteiger charge is -1.99. The van der Waals surface area contributed by atoms with E-state index in [-0.39, 0.29) is 5.91 Å². The smallest absolute Gasteiger partial charge is 0.277 e. The Bertz CT molecular complexity index is 698. The van der Waals surface area contributed by atoms with Crippen molar-refractivity contribution in [3.8, 4) is 6.07 Å². The molecule has 2 aromatic heterocycles. The Balaban J connectivity index is 2.02. The van der Waals surface area contributed by atoms with E-state index < -0.39 is 0 Å². The van der Waals surface area contributed by atoms with Crippen molar-refractivity contribution in [1.82, 2.24) is 15.2 Å². The number of hydrogen-bond acceptors (Lipinski definition) is 6. The van der Waals surface area contributed by atoms with Crippen LogP contribution in [-0.2, 0) is 6.42 Å². The first-order valence-corrected chi connectivity index (χ1v) is 8.62. The molecule has 2 rings (SSSR count). The molecule has 0 aromatic carbocycles. The minimum atomic E-state index is -0.281. The molecular formula is C14H17N5OS2. The highest BCUT2D eigenvalue weighted by molar-refractivity contribution is 8.01. The maximum atomic E-state index is 12.2. The molecule has 0 saturated heterocycles. The maximum absolute atomic E-state index is 12.2. The molecule has 0 radical (unpaired) electrons. The number of thioether (sulfide) groups is 1. The molecule has 0 aliphatic carbocycles. The zero-order chi connectivity index (χ0) is 16.1. The summed E-state index contributed by atoms with van der Waals surface area (Å²) in [7, 11) is 0. The van der Waals surface area contributed by atoms with Crippen molar-refractivity contribution in [3.05, 3.63) is 23.1 Å². The fourth-order valence-corrected chi connectivity index (χ4v) is 3.65. The number of aryl methyl sites for hydroxylation is 1. The largest absolute Gasteiger partial charge is 0.296 e. The third-order valence-electron chi connectivity index (χ3n) is 2.73. The van der Waals surface area contributed by atoms with E-state index in [1.54, 1.807) is 6.07 Å². The molecular weight excluding hydrogens is 318 g/mol. The van der Waals surface area contributed by atoms with Gasteiger partial charge < -0.3 is 0 Å². The van der Waals surface area contributed by atoms with E-state index in [0.717, 1.165) is 22.0 Å². The van der Waals surface area contributed by atoms with Crippen molar-refractivity contribution in [2.75, 3.05) is 11.1 Å². The first-order valence-electron chi connectivity index (χ1n) is 6.82.